The molecular weight excluding hydrogens is 216 g/mol. The minimum Gasteiger partial charge on any atom is -0.490 e. The molecule has 0 bridgehead atoms. The molecule has 92 valence electrons. The predicted molar refractivity (Wildman–Crippen MR) is 65.2 cm³/mol. The first-order valence-corrected chi connectivity index (χ1v) is 6.14. The molecule has 0 saturated heterocycles. The normalized spacial score (nSPS) is 17.2. The number of carboxylic acids is 1. The molecule has 1 aliphatic carbocycles. The summed E-state index contributed by atoms with van der Waals surface area (Å²) < 4.78 is 5.87. The fourth-order valence-electron chi connectivity index (χ4n) is 1.87. The first kappa shape index (κ1) is 12.0. The molecule has 0 aliphatic heterocycles. The number of benzene rings is 1. The van der Waals surface area contributed by atoms with Crippen molar-refractivity contribution in [1.82, 2.24) is 0 Å². The van der Waals surface area contributed by atoms with Crippen LogP contribution in [-0.4, -0.2) is 17.2 Å². The van der Waals surface area contributed by atoms with Crippen molar-refractivity contribution in [3.8, 4) is 5.75 Å². The van der Waals surface area contributed by atoms with E-state index in [1.54, 1.807) is 6.92 Å². The number of hydrogen-bond acceptors (Lipinski definition) is 2. The molecule has 17 heavy (non-hydrogen) atoms. The van der Waals surface area contributed by atoms with E-state index in [0.717, 1.165) is 24.2 Å². The highest BCUT2D eigenvalue weighted by Gasteiger charge is 2.21. The van der Waals surface area contributed by atoms with E-state index >= 15 is 0 Å². The van der Waals surface area contributed by atoms with Crippen molar-refractivity contribution < 1.29 is 14.6 Å². The van der Waals surface area contributed by atoms with E-state index in [4.69, 9.17) is 9.84 Å². The fraction of sp³-hybridized carbons (Fsp3) is 0.500. The number of aliphatic carboxylic acids is 1. The summed E-state index contributed by atoms with van der Waals surface area (Å²) in [5, 5.41) is 8.93. The van der Waals surface area contributed by atoms with Crippen LogP contribution in [0.4, 0.5) is 0 Å². The second kappa shape index (κ2) is 5.21. The number of ether oxygens (including phenoxy) is 1. The summed E-state index contributed by atoms with van der Waals surface area (Å²) in [6, 6.07) is 7.75. The predicted octanol–water partition coefficient (Wildman–Crippen LogP) is 2.88. The third-order valence-corrected chi connectivity index (χ3v) is 3.27. The Kier molecular flexibility index (Phi) is 3.67. The van der Waals surface area contributed by atoms with Gasteiger partial charge >= 0.3 is 5.97 Å². The standard InChI is InChI=1S/C14H18O3/c1-10(14(15)16)9-11-5-2-3-8-13(11)17-12-6-4-7-12/h2-3,5,8,10,12H,4,6-7,9H2,1H3,(H,15,16). The average Bonchev–Trinajstić information content (AvgIpc) is 2.25. The maximum Gasteiger partial charge on any atom is 0.306 e. The molecule has 3 nitrogen and oxygen atoms in total. The SMILES string of the molecule is CC(Cc1ccccc1OC1CCC1)C(=O)O. The minimum atomic E-state index is -0.761. The van der Waals surface area contributed by atoms with Crippen molar-refractivity contribution in [1.29, 1.82) is 0 Å². The van der Waals surface area contributed by atoms with Crippen LogP contribution in [0.5, 0.6) is 5.75 Å². The Balaban J connectivity index is 2.06. The van der Waals surface area contributed by atoms with Gasteiger partial charge in [-0.15, -0.1) is 0 Å². The summed E-state index contributed by atoms with van der Waals surface area (Å²) in [5.74, 6) is -0.283. The van der Waals surface area contributed by atoms with Crippen LogP contribution >= 0.6 is 0 Å². The Hall–Kier alpha value is -1.51. The molecule has 1 fully saturated rings. The van der Waals surface area contributed by atoms with Gasteiger partial charge in [0.2, 0.25) is 0 Å². The highest BCUT2D eigenvalue weighted by atomic mass is 16.5. The van der Waals surface area contributed by atoms with Gasteiger partial charge in [-0.25, -0.2) is 0 Å². The molecule has 0 aromatic heterocycles. The van der Waals surface area contributed by atoms with Gasteiger partial charge in [0.05, 0.1) is 12.0 Å². The summed E-state index contributed by atoms with van der Waals surface area (Å²) in [6.07, 6.45) is 4.32. The maximum atomic E-state index is 10.9. The van der Waals surface area contributed by atoms with Gasteiger partial charge in [0.1, 0.15) is 5.75 Å². The van der Waals surface area contributed by atoms with E-state index in [-0.39, 0.29) is 5.92 Å². The maximum absolute atomic E-state index is 10.9. The zero-order valence-corrected chi connectivity index (χ0v) is 10.1. The van der Waals surface area contributed by atoms with Crippen LogP contribution < -0.4 is 4.74 Å². The van der Waals surface area contributed by atoms with Crippen LogP contribution in [0.25, 0.3) is 0 Å². The number of para-hydroxylation sites is 1. The third kappa shape index (κ3) is 2.99. The molecule has 2 rings (SSSR count). The molecule has 1 unspecified atom stereocenters. The lowest BCUT2D eigenvalue weighted by molar-refractivity contribution is -0.141. The number of hydrogen-bond donors (Lipinski definition) is 1. The summed E-state index contributed by atoms with van der Waals surface area (Å²) in [4.78, 5) is 10.9. The minimum absolute atomic E-state index is 0.330. The third-order valence-electron chi connectivity index (χ3n) is 3.27. The van der Waals surface area contributed by atoms with Crippen molar-refractivity contribution in [3.05, 3.63) is 29.8 Å². The van der Waals surface area contributed by atoms with Crippen molar-refractivity contribution in [2.24, 2.45) is 5.92 Å². The van der Waals surface area contributed by atoms with E-state index in [9.17, 15) is 4.79 Å². The zero-order valence-electron chi connectivity index (χ0n) is 10.1. The van der Waals surface area contributed by atoms with Gasteiger partial charge in [-0.05, 0) is 37.3 Å². The van der Waals surface area contributed by atoms with E-state index in [0.29, 0.717) is 12.5 Å². The molecule has 0 radical (unpaired) electrons. The molecule has 1 atom stereocenters. The second-order valence-electron chi connectivity index (χ2n) is 4.72. The fourth-order valence-corrected chi connectivity index (χ4v) is 1.87. The topological polar surface area (TPSA) is 46.5 Å². The Morgan fingerprint density at radius 2 is 2.18 bits per heavy atom. The van der Waals surface area contributed by atoms with E-state index < -0.39 is 5.97 Å². The van der Waals surface area contributed by atoms with Crippen LogP contribution in [-0.2, 0) is 11.2 Å². The highest BCUT2D eigenvalue weighted by molar-refractivity contribution is 5.70. The van der Waals surface area contributed by atoms with Crippen LogP contribution in [0.3, 0.4) is 0 Å². The summed E-state index contributed by atoms with van der Waals surface area (Å²) in [7, 11) is 0. The van der Waals surface area contributed by atoms with Gasteiger partial charge in [-0.3, -0.25) is 4.79 Å². The molecule has 1 aromatic rings. The summed E-state index contributed by atoms with van der Waals surface area (Å²) in [6.45, 7) is 1.72. The molecule has 1 aromatic carbocycles. The number of rotatable bonds is 5. The van der Waals surface area contributed by atoms with Gasteiger partial charge < -0.3 is 9.84 Å². The molecule has 1 N–H and O–H groups in total. The van der Waals surface area contributed by atoms with Crippen LogP contribution in [0, 0.1) is 5.92 Å². The molecule has 3 heteroatoms. The van der Waals surface area contributed by atoms with Crippen molar-refractivity contribution in [2.45, 2.75) is 38.7 Å². The van der Waals surface area contributed by atoms with Gasteiger partial charge in [0.25, 0.3) is 0 Å². The Morgan fingerprint density at radius 1 is 1.47 bits per heavy atom. The smallest absolute Gasteiger partial charge is 0.306 e. The quantitative estimate of drug-likeness (QED) is 0.852. The molecule has 1 saturated carbocycles. The van der Waals surface area contributed by atoms with Gasteiger partial charge in [0, 0.05) is 0 Å². The molecular formula is C14H18O3. The molecule has 0 amide bonds. The lowest BCUT2D eigenvalue weighted by Crippen LogP contribution is -2.25. The Bertz CT molecular complexity index is 396. The first-order chi connectivity index (χ1) is 8.16. The molecule has 1 aliphatic rings. The summed E-state index contributed by atoms with van der Waals surface area (Å²) in [5.41, 5.74) is 0.995. The van der Waals surface area contributed by atoms with Gasteiger partial charge in [0.15, 0.2) is 0 Å². The lowest BCUT2D eigenvalue weighted by Gasteiger charge is -2.27. The monoisotopic (exact) mass is 234 g/mol. The Labute approximate surface area is 101 Å². The van der Waals surface area contributed by atoms with E-state index in [1.165, 1.54) is 6.42 Å². The van der Waals surface area contributed by atoms with Crippen LogP contribution in [0.2, 0.25) is 0 Å². The largest absolute Gasteiger partial charge is 0.490 e. The van der Waals surface area contributed by atoms with Gasteiger partial charge in [-0.2, -0.15) is 0 Å². The van der Waals surface area contributed by atoms with Crippen LogP contribution in [0.1, 0.15) is 31.7 Å². The second-order valence-corrected chi connectivity index (χ2v) is 4.72. The average molecular weight is 234 g/mol. The molecule has 0 heterocycles. The van der Waals surface area contributed by atoms with Crippen molar-refractivity contribution >= 4 is 5.97 Å². The van der Waals surface area contributed by atoms with Crippen LogP contribution in [0.15, 0.2) is 24.3 Å². The van der Waals surface area contributed by atoms with E-state index in [1.807, 2.05) is 24.3 Å². The highest BCUT2D eigenvalue weighted by Crippen LogP contribution is 2.28. The van der Waals surface area contributed by atoms with Crippen molar-refractivity contribution in [2.75, 3.05) is 0 Å². The Morgan fingerprint density at radius 3 is 2.76 bits per heavy atom. The lowest BCUT2D eigenvalue weighted by atomic mass is 9.95. The zero-order chi connectivity index (χ0) is 12.3. The first-order valence-electron chi connectivity index (χ1n) is 6.14. The number of carboxylic acid groups (broad SMARTS) is 1. The van der Waals surface area contributed by atoms with Gasteiger partial charge in [-0.1, -0.05) is 25.1 Å². The number of carbonyl (C=O) groups is 1. The van der Waals surface area contributed by atoms with E-state index in [2.05, 4.69) is 0 Å². The summed E-state index contributed by atoms with van der Waals surface area (Å²) >= 11 is 0. The molecule has 0 spiro atoms. The van der Waals surface area contributed by atoms with Crippen molar-refractivity contribution in [3.63, 3.8) is 0 Å².